The number of benzene rings is 1. The molecule has 0 radical (unpaired) electrons. The van der Waals surface area contributed by atoms with Gasteiger partial charge in [-0.15, -0.1) is 0 Å². The molecule has 1 aliphatic carbocycles. The van der Waals surface area contributed by atoms with E-state index in [1.165, 1.54) is 19.3 Å². The molecule has 1 aliphatic rings. The quantitative estimate of drug-likeness (QED) is 0.780. The van der Waals surface area contributed by atoms with Crippen molar-refractivity contribution in [2.75, 3.05) is 0 Å². The van der Waals surface area contributed by atoms with Gasteiger partial charge in [-0.25, -0.2) is 4.79 Å². The first kappa shape index (κ1) is 16.4. The van der Waals surface area contributed by atoms with Crippen LogP contribution in [0.4, 0.5) is 4.79 Å². The third-order valence-corrected chi connectivity index (χ3v) is 4.26. The summed E-state index contributed by atoms with van der Waals surface area (Å²) < 4.78 is 5.19. The van der Waals surface area contributed by atoms with E-state index in [0.717, 1.165) is 24.0 Å². The minimum absolute atomic E-state index is 0.186. The number of nitrogens with zero attached hydrogens (tertiary/aromatic N) is 2. The lowest BCUT2D eigenvalue weighted by atomic mass is 9.96. The predicted molar refractivity (Wildman–Crippen MR) is 89.9 cm³/mol. The molecule has 0 unspecified atom stereocenters. The van der Waals surface area contributed by atoms with Gasteiger partial charge in [-0.3, -0.25) is 0 Å². The smallest absolute Gasteiger partial charge is 0.315 e. The van der Waals surface area contributed by atoms with E-state index in [2.05, 4.69) is 20.8 Å². The first-order valence-corrected chi connectivity index (χ1v) is 8.41. The highest BCUT2D eigenvalue weighted by molar-refractivity contribution is 5.74. The molecule has 4 N–H and O–H groups in total. The topological polar surface area (TPSA) is 106 Å². The summed E-state index contributed by atoms with van der Waals surface area (Å²) in [6, 6.07) is 7.76. The lowest BCUT2D eigenvalue weighted by Crippen LogP contribution is -2.42. The van der Waals surface area contributed by atoms with Gasteiger partial charge in [0.2, 0.25) is 11.7 Å². The Kier molecular flexibility index (Phi) is 5.43. The number of amides is 2. The van der Waals surface area contributed by atoms with Gasteiger partial charge in [0, 0.05) is 18.2 Å². The lowest BCUT2D eigenvalue weighted by Gasteiger charge is -2.22. The van der Waals surface area contributed by atoms with Gasteiger partial charge in [0.05, 0.1) is 6.54 Å². The van der Waals surface area contributed by atoms with E-state index in [1.807, 2.05) is 24.3 Å². The minimum atomic E-state index is -0.186. The third kappa shape index (κ3) is 4.32. The Morgan fingerprint density at radius 1 is 1.21 bits per heavy atom. The summed E-state index contributed by atoms with van der Waals surface area (Å²) in [5, 5.41) is 9.70. The molecule has 0 aliphatic heterocycles. The molecule has 3 rings (SSSR count). The maximum Gasteiger partial charge on any atom is 0.315 e. The third-order valence-electron chi connectivity index (χ3n) is 4.26. The molecule has 1 heterocycles. The maximum absolute atomic E-state index is 11.9. The monoisotopic (exact) mass is 329 g/mol. The van der Waals surface area contributed by atoms with E-state index >= 15 is 0 Å². The molecule has 1 aromatic carbocycles. The summed E-state index contributed by atoms with van der Waals surface area (Å²) in [6.45, 7) is 0.713. The molecule has 0 bridgehead atoms. The van der Waals surface area contributed by atoms with Crippen molar-refractivity contribution in [3.8, 4) is 11.4 Å². The number of nitrogens with one attached hydrogen (secondary N) is 2. The first-order chi connectivity index (χ1) is 11.7. The van der Waals surface area contributed by atoms with Gasteiger partial charge in [0.25, 0.3) is 0 Å². The van der Waals surface area contributed by atoms with Gasteiger partial charge in [-0.2, -0.15) is 4.98 Å². The highest BCUT2D eigenvalue weighted by atomic mass is 16.5. The predicted octanol–water partition coefficient (Wildman–Crippen LogP) is 2.33. The molecule has 7 heteroatoms. The van der Waals surface area contributed by atoms with Crippen LogP contribution in [0.3, 0.4) is 0 Å². The van der Waals surface area contributed by atoms with Crippen molar-refractivity contribution in [1.82, 2.24) is 20.8 Å². The summed E-state index contributed by atoms with van der Waals surface area (Å²) in [5.74, 6) is 0.884. The van der Waals surface area contributed by atoms with Crippen molar-refractivity contribution >= 4 is 6.03 Å². The van der Waals surface area contributed by atoms with Crippen LogP contribution in [0.2, 0.25) is 0 Å². The van der Waals surface area contributed by atoms with Crippen LogP contribution in [-0.4, -0.2) is 22.2 Å². The van der Waals surface area contributed by atoms with Crippen LogP contribution in [0.5, 0.6) is 0 Å². The Labute approximate surface area is 141 Å². The molecule has 7 nitrogen and oxygen atoms in total. The summed E-state index contributed by atoms with van der Waals surface area (Å²) in [6.07, 6.45) is 5.73. The van der Waals surface area contributed by atoms with Gasteiger partial charge in [-0.1, -0.05) is 48.7 Å². The second kappa shape index (κ2) is 7.92. The number of rotatable bonds is 5. The van der Waals surface area contributed by atoms with E-state index in [1.54, 1.807) is 0 Å². The number of aromatic nitrogens is 2. The van der Waals surface area contributed by atoms with Gasteiger partial charge < -0.3 is 20.9 Å². The average molecular weight is 329 g/mol. The molecule has 24 heavy (non-hydrogen) atoms. The molecular formula is C17H23N5O2. The fraction of sp³-hybridized carbons (Fsp3) is 0.471. The molecule has 1 saturated carbocycles. The summed E-state index contributed by atoms with van der Waals surface area (Å²) in [4.78, 5) is 16.2. The molecule has 1 fully saturated rings. The minimum Gasteiger partial charge on any atom is -0.337 e. The number of urea groups is 1. The van der Waals surface area contributed by atoms with Gasteiger partial charge in [0.1, 0.15) is 0 Å². The maximum atomic E-state index is 11.9. The van der Waals surface area contributed by atoms with E-state index in [9.17, 15) is 4.79 Å². The number of hydrogen-bond acceptors (Lipinski definition) is 5. The second-order valence-electron chi connectivity index (χ2n) is 6.07. The van der Waals surface area contributed by atoms with Crippen LogP contribution in [0, 0.1) is 0 Å². The molecule has 128 valence electrons. The van der Waals surface area contributed by atoms with Gasteiger partial charge in [-0.05, 0) is 18.4 Å². The zero-order valence-electron chi connectivity index (χ0n) is 13.6. The largest absolute Gasteiger partial charge is 0.337 e. The molecule has 2 aromatic rings. The molecule has 1 aromatic heterocycles. The zero-order chi connectivity index (χ0) is 16.8. The SMILES string of the molecule is NCc1ccc(-c2noc(CNC(=O)NC3CCCCC3)n2)cc1. The number of hydrogen-bond donors (Lipinski definition) is 3. The normalized spacial score (nSPS) is 15.2. The zero-order valence-corrected chi connectivity index (χ0v) is 13.6. The van der Waals surface area contributed by atoms with Crippen LogP contribution in [0.15, 0.2) is 28.8 Å². The fourth-order valence-electron chi connectivity index (χ4n) is 2.87. The Morgan fingerprint density at radius 2 is 1.96 bits per heavy atom. The highest BCUT2D eigenvalue weighted by Crippen LogP contribution is 2.18. The van der Waals surface area contributed by atoms with Crippen LogP contribution in [-0.2, 0) is 13.1 Å². The number of nitrogens with two attached hydrogens (primary N) is 1. The van der Waals surface area contributed by atoms with E-state index < -0.39 is 0 Å². The summed E-state index contributed by atoms with van der Waals surface area (Å²) in [5.41, 5.74) is 7.48. The van der Waals surface area contributed by atoms with Gasteiger partial charge >= 0.3 is 6.03 Å². The molecule has 0 spiro atoms. The van der Waals surface area contributed by atoms with Gasteiger partial charge in [0.15, 0.2) is 0 Å². The van der Waals surface area contributed by atoms with Crippen molar-refractivity contribution in [2.45, 2.75) is 51.2 Å². The van der Waals surface area contributed by atoms with Crippen LogP contribution in [0.1, 0.15) is 43.6 Å². The first-order valence-electron chi connectivity index (χ1n) is 8.41. The molecule has 0 atom stereocenters. The van der Waals surface area contributed by atoms with Crippen molar-refractivity contribution in [3.63, 3.8) is 0 Å². The standard InChI is InChI=1S/C17H23N5O2/c18-10-12-6-8-13(9-7-12)16-21-15(24-22-16)11-19-17(23)20-14-4-2-1-3-5-14/h6-9,14H,1-5,10-11,18H2,(H2,19,20,23). The van der Waals surface area contributed by atoms with Crippen LogP contribution >= 0.6 is 0 Å². The summed E-state index contributed by atoms with van der Waals surface area (Å²) in [7, 11) is 0. The fourth-order valence-corrected chi connectivity index (χ4v) is 2.87. The Balaban J connectivity index is 1.50. The second-order valence-corrected chi connectivity index (χ2v) is 6.07. The van der Waals surface area contributed by atoms with Crippen molar-refractivity contribution in [3.05, 3.63) is 35.7 Å². The van der Waals surface area contributed by atoms with Crippen LogP contribution < -0.4 is 16.4 Å². The number of carbonyl (C=O) groups is 1. The Hall–Kier alpha value is -2.41. The van der Waals surface area contributed by atoms with Crippen molar-refractivity contribution in [1.29, 1.82) is 0 Å². The van der Waals surface area contributed by atoms with Crippen molar-refractivity contribution in [2.24, 2.45) is 5.73 Å². The van der Waals surface area contributed by atoms with Crippen molar-refractivity contribution < 1.29 is 9.32 Å². The summed E-state index contributed by atoms with van der Waals surface area (Å²) >= 11 is 0. The highest BCUT2D eigenvalue weighted by Gasteiger charge is 2.16. The number of carbonyl (C=O) groups excluding carboxylic acids is 1. The van der Waals surface area contributed by atoms with E-state index in [-0.39, 0.29) is 18.6 Å². The molecule has 0 saturated heterocycles. The Bertz CT molecular complexity index is 662. The lowest BCUT2D eigenvalue weighted by molar-refractivity contribution is 0.230. The average Bonchev–Trinajstić information content (AvgIpc) is 3.10. The van der Waals surface area contributed by atoms with Crippen LogP contribution in [0.25, 0.3) is 11.4 Å². The molecular weight excluding hydrogens is 306 g/mol. The molecule has 2 amide bonds. The van der Waals surface area contributed by atoms with E-state index in [0.29, 0.717) is 18.3 Å². The Morgan fingerprint density at radius 3 is 2.67 bits per heavy atom. The van der Waals surface area contributed by atoms with E-state index in [4.69, 9.17) is 10.3 Å².